The second-order valence-electron chi connectivity index (χ2n) is 2.38. The second-order valence-corrected chi connectivity index (χ2v) is 3.54. The molecule has 0 rings (SSSR count). The Balaban J connectivity index is 3.04. The summed E-state index contributed by atoms with van der Waals surface area (Å²) in [7, 11) is 5.23. The van der Waals surface area contributed by atoms with Crippen LogP contribution < -0.4 is 5.32 Å². The van der Waals surface area contributed by atoms with Crippen molar-refractivity contribution in [2.75, 3.05) is 18.9 Å². The number of carbonyl (C=O) groups excluding carboxylic acids is 1. The first-order valence-electron chi connectivity index (χ1n) is 3.98. The van der Waals surface area contributed by atoms with Crippen LogP contribution in [0.25, 0.3) is 0 Å². The van der Waals surface area contributed by atoms with E-state index in [1.54, 1.807) is 0 Å². The van der Waals surface area contributed by atoms with Crippen molar-refractivity contribution in [3.63, 3.8) is 0 Å². The predicted molar refractivity (Wildman–Crippen MR) is 56.0 cm³/mol. The molecule has 0 radical (unpaired) electrons. The quantitative estimate of drug-likeness (QED) is 0.495. The summed E-state index contributed by atoms with van der Waals surface area (Å²) >= 11 is 0. The molecule has 0 aromatic rings. The molecule has 0 saturated heterocycles. The monoisotopic (exact) mass is 193 g/mol. The maximum atomic E-state index is 10.9. The molecule has 0 aromatic heterocycles. The number of nitrogens with one attached hydrogen (secondary N) is 1. The minimum Gasteiger partial charge on any atom is -0.356 e. The van der Waals surface area contributed by atoms with Gasteiger partial charge < -0.3 is 5.32 Å². The van der Waals surface area contributed by atoms with Crippen molar-refractivity contribution < 1.29 is 4.79 Å². The molecular formula is C7H17NOP2. The van der Waals surface area contributed by atoms with Crippen molar-refractivity contribution in [2.24, 2.45) is 0 Å². The first-order chi connectivity index (χ1) is 5.31. The lowest BCUT2D eigenvalue weighted by atomic mass is 10.3. The average molecular weight is 193 g/mol. The van der Waals surface area contributed by atoms with Gasteiger partial charge in [-0.1, -0.05) is 0 Å². The van der Waals surface area contributed by atoms with Crippen LogP contribution in [0.4, 0.5) is 0 Å². The summed E-state index contributed by atoms with van der Waals surface area (Å²) in [6, 6.07) is 0. The molecule has 1 N–H and O–H groups in total. The highest BCUT2D eigenvalue weighted by molar-refractivity contribution is 7.16. The molecule has 2 unspecified atom stereocenters. The van der Waals surface area contributed by atoms with Crippen molar-refractivity contribution in [1.82, 2.24) is 5.32 Å². The Morgan fingerprint density at radius 3 is 2.45 bits per heavy atom. The standard InChI is InChI=1S/C7H17NOP2/c9-7(3-6-11)8-4-1-2-5-10/h1-6,10-11H2,(H,8,9). The summed E-state index contributed by atoms with van der Waals surface area (Å²) in [6.45, 7) is 0.831. The van der Waals surface area contributed by atoms with Crippen LogP contribution in [-0.4, -0.2) is 24.8 Å². The highest BCUT2D eigenvalue weighted by atomic mass is 31.0. The van der Waals surface area contributed by atoms with Crippen LogP contribution in [0.1, 0.15) is 19.3 Å². The Hall–Kier alpha value is 0.330. The molecule has 66 valence electrons. The highest BCUT2D eigenvalue weighted by Crippen LogP contribution is 1.92. The van der Waals surface area contributed by atoms with Crippen molar-refractivity contribution in [1.29, 1.82) is 0 Å². The zero-order valence-electron chi connectivity index (χ0n) is 6.81. The lowest BCUT2D eigenvalue weighted by Crippen LogP contribution is -2.24. The first-order valence-corrected chi connectivity index (χ1v) is 5.61. The van der Waals surface area contributed by atoms with Gasteiger partial charge in [0, 0.05) is 13.0 Å². The van der Waals surface area contributed by atoms with Gasteiger partial charge in [-0.15, -0.1) is 18.5 Å². The van der Waals surface area contributed by atoms with Crippen LogP contribution in [0.2, 0.25) is 0 Å². The number of hydrogen-bond donors (Lipinski definition) is 1. The molecule has 1 amide bonds. The number of amides is 1. The fourth-order valence-corrected chi connectivity index (χ4v) is 1.27. The maximum absolute atomic E-state index is 10.9. The number of carbonyl (C=O) groups is 1. The lowest BCUT2D eigenvalue weighted by Gasteiger charge is -2.01. The van der Waals surface area contributed by atoms with E-state index in [-0.39, 0.29) is 5.91 Å². The normalized spacial score (nSPS) is 9.64. The van der Waals surface area contributed by atoms with E-state index in [0.717, 1.165) is 25.3 Å². The molecule has 11 heavy (non-hydrogen) atoms. The Bertz CT molecular complexity index is 109. The third kappa shape index (κ3) is 8.23. The van der Waals surface area contributed by atoms with Gasteiger partial charge in [-0.25, -0.2) is 0 Å². The average Bonchev–Trinajstić information content (AvgIpc) is 1.99. The van der Waals surface area contributed by atoms with Crippen molar-refractivity contribution in [3.05, 3.63) is 0 Å². The molecule has 0 aliphatic carbocycles. The van der Waals surface area contributed by atoms with E-state index in [9.17, 15) is 4.79 Å². The highest BCUT2D eigenvalue weighted by Gasteiger charge is 1.96. The smallest absolute Gasteiger partial charge is 0.220 e. The van der Waals surface area contributed by atoms with Crippen molar-refractivity contribution in [2.45, 2.75) is 19.3 Å². The molecule has 0 aromatic carbocycles. The second kappa shape index (κ2) is 8.43. The molecular weight excluding hydrogens is 176 g/mol. The van der Waals surface area contributed by atoms with Crippen molar-refractivity contribution >= 4 is 24.4 Å². The van der Waals surface area contributed by atoms with E-state index in [1.165, 1.54) is 6.42 Å². The summed E-state index contributed by atoms with van der Waals surface area (Å²) in [5.41, 5.74) is 0. The lowest BCUT2D eigenvalue weighted by molar-refractivity contribution is -0.120. The van der Waals surface area contributed by atoms with Gasteiger partial charge in [-0.05, 0) is 25.2 Å². The fourth-order valence-electron chi connectivity index (χ4n) is 0.717. The van der Waals surface area contributed by atoms with E-state index in [1.807, 2.05) is 0 Å². The molecule has 0 saturated carbocycles. The van der Waals surface area contributed by atoms with Gasteiger partial charge in [0.25, 0.3) is 0 Å². The molecule has 2 nitrogen and oxygen atoms in total. The molecule has 4 heteroatoms. The number of unbranched alkanes of at least 4 members (excludes halogenated alkanes) is 1. The molecule has 0 spiro atoms. The molecule has 0 bridgehead atoms. The molecule has 0 aliphatic rings. The number of hydrogen-bond acceptors (Lipinski definition) is 1. The van der Waals surface area contributed by atoms with Gasteiger partial charge in [0.2, 0.25) is 5.91 Å². The Kier molecular flexibility index (Phi) is 8.68. The maximum Gasteiger partial charge on any atom is 0.220 e. The van der Waals surface area contributed by atoms with Gasteiger partial charge >= 0.3 is 0 Å². The number of rotatable bonds is 6. The summed E-state index contributed by atoms with van der Waals surface area (Å²) < 4.78 is 0. The minimum atomic E-state index is 0.170. The summed E-state index contributed by atoms with van der Waals surface area (Å²) in [6.07, 6.45) is 4.87. The summed E-state index contributed by atoms with van der Waals surface area (Å²) in [5, 5.41) is 2.86. The Morgan fingerprint density at radius 2 is 1.91 bits per heavy atom. The summed E-state index contributed by atoms with van der Waals surface area (Å²) in [4.78, 5) is 10.9. The summed E-state index contributed by atoms with van der Waals surface area (Å²) in [5.74, 6) is 0.170. The van der Waals surface area contributed by atoms with Crippen LogP contribution >= 0.6 is 18.5 Å². The molecule has 2 atom stereocenters. The van der Waals surface area contributed by atoms with Gasteiger partial charge in [0.05, 0.1) is 0 Å². The van der Waals surface area contributed by atoms with Crippen LogP contribution in [0, 0.1) is 0 Å². The van der Waals surface area contributed by atoms with Crippen LogP contribution in [0.5, 0.6) is 0 Å². The van der Waals surface area contributed by atoms with Crippen LogP contribution in [0.15, 0.2) is 0 Å². The minimum absolute atomic E-state index is 0.170. The molecule has 0 heterocycles. The van der Waals surface area contributed by atoms with E-state index in [2.05, 4.69) is 23.8 Å². The van der Waals surface area contributed by atoms with E-state index >= 15 is 0 Å². The first kappa shape index (κ1) is 11.3. The van der Waals surface area contributed by atoms with Gasteiger partial charge in [0.1, 0.15) is 0 Å². The predicted octanol–water partition coefficient (Wildman–Crippen LogP) is 1.02. The zero-order chi connectivity index (χ0) is 8.53. The topological polar surface area (TPSA) is 29.1 Å². The third-order valence-electron chi connectivity index (χ3n) is 1.32. The fraction of sp³-hybridized carbons (Fsp3) is 0.857. The SMILES string of the molecule is O=C(CCP)NCCCCP. The Morgan fingerprint density at radius 1 is 1.18 bits per heavy atom. The molecule has 0 fully saturated rings. The van der Waals surface area contributed by atoms with Gasteiger partial charge in [-0.2, -0.15) is 0 Å². The third-order valence-corrected chi connectivity index (χ3v) is 2.02. The Labute approximate surface area is 73.3 Å². The van der Waals surface area contributed by atoms with E-state index in [0.29, 0.717) is 6.42 Å². The van der Waals surface area contributed by atoms with Crippen LogP contribution in [-0.2, 0) is 4.79 Å². The van der Waals surface area contributed by atoms with Gasteiger partial charge in [-0.3, -0.25) is 4.79 Å². The van der Waals surface area contributed by atoms with Gasteiger partial charge in [0.15, 0.2) is 0 Å². The largest absolute Gasteiger partial charge is 0.356 e. The van der Waals surface area contributed by atoms with E-state index in [4.69, 9.17) is 0 Å². The zero-order valence-corrected chi connectivity index (χ0v) is 9.11. The van der Waals surface area contributed by atoms with Crippen LogP contribution in [0.3, 0.4) is 0 Å². The van der Waals surface area contributed by atoms with E-state index < -0.39 is 0 Å². The van der Waals surface area contributed by atoms with Crippen molar-refractivity contribution in [3.8, 4) is 0 Å². The molecule has 0 aliphatic heterocycles.